The highest BCUT2D eigenvalue weighted by Crippen LogP contribution is 2.26. The highest BCUT2D eigenvalue weighted by Gasteiger charge is 2.26. The van der Waals surface area contributed by atoms with E-state index in [1.807, 2.05) is 25.1 Å². The monoisotopic (exact) mass is 395 g/mol. The van der Waals surface area contributed by atoms with Gasteiger partial charge in [0.2, 0.25) is 10.0 Å². The van der Waals surface area contributed by atoms with Crippen LogP contribution in [0.3, 0.4) is 0 Å². The fraction of sp³-hybridized carbons (Fsp3) is 0.632. The minimum atomic E-state index is -3.20. The average Bonchev–Trinajstić information content (AvgIpc) is 2.94. The second-order valence-corrected chi connectivity index (χ2v) is 9.87. The van der Waals surface area contributed by atoms with Gasteiger partial charge in [0.05, 0.1) is 10.8 Å². The Morgan fingerprint density at radius 2 is 1.93 bits per heavy atom. The van der Waals surface area contributed by atoms with E-state index in [4.69, 9.17) is 4.42 Å². The van der Waals surface area contributed by atoms with Gasteiger partial charge in [0, 0.05) is 30.9 Å². The van der Waals surface area contributed by atoms with Gasteiger partial charge >= 0.3 is 5.76 Å². The van der Waals surface area contributed by atoms with Gasteiger partial charge in [-0.05, 0) is 64.5 Å². The summed E-state index contributed by atoms with van der Waals surface area (Å²) in [6.45, 7) is 6.73. The molecule has 1 aliphatic carbocycles. The molecular formula is C19H29N3O4S. The van der Waals surface area contributed by atoms with Crippen LogP contribution in [0.5, 0.6) is 0 Å². The van der Waals surface area contributed by atoms with E-state index >= 15 is 0 Å². The molecule has 3 rings (SSSR count). The lowest BCUT2D eigenvalue weighted by Gasteiger charge is -2.29. The molecule has 7 nitrogen and oxygen atoms in total. The number of oxazole rings is 1. The molecule has 1 heterocycles. The average molecular weight is 396 g/mol. The van der Waals surface area contributed by atoms with Crippen LogP contribution < -0.4 is 15.8 Å². The van der Waals surface area contributed by atoms with Gasteiger partial charge in [0.1, 0.15) is 0 Å². The summed E-state index contributed by atoms with van der Waals surface area (Å²) < 4.78 is 33.7. The molecule has 27 heavy (non-hydrogen) atoms. The first-order valence-electron chi connectivity index (χ1n) is 9.68. The van der Waals surface area contributed by atoms with Crippen molar-refractivity contribution in [1.29, 1.82) is 0 Å². The Morgan fingerprint density at radius 1 is 1.22 bits per heavy atom. The summed E-state index contributed by atoms with van der Waals surface area (Å²) in [6.07, 6.45) is 3.71. The van der Waals surface area contributed by atoms with Crippen molar-refractivity contribution in [2.24, 2.45) is 5.92 Å². The van der Waals surface area contributed by atoms with Crippen LogP contribution in [-0.4, -0.2) is 30.8 Å². The maximum Gasteiger partial charge on any atom is 0.419 e. The quantitative estimate of drug-likeness (QED) is 0.752. The van der Waals surface area contributed by atoms with Crippen LogP contribution in [-0.2, 0) is 16.6 Å². The van der Waals surface area contributed by atoms with Crippen LogP contribution >= 0.6 is 0 Å². The van der Waals surface area contributed by atoms with Crippen molar-refractivity contribution in [1.82, 2.24) is 9.29 Å². The van der Waals surface area contributed by atoms with E-state index in [-0.39, 0.29) is 11.8 Å². The second kappa shape index (κ2) is 8.06. The molecule has 1 saturated carbocycles. The van der Waals surface area contributed by atoms with Crippen molar-refractivity contribution in [3.63, 3.8) is 0 Å². The number of anilines is 1. The van der Waals surface area contributed by atoms with Gasteiger partial charge in [0.15, 0.2) is 5.58 Å². The molecule has 0 spiro atoms. The lowest BCUT2D eigenvalue weighted by Crippen LogP contribution is -2.41. The number of sulfonamides is 1. The van der Waals surface area contributed by atoms with E-state index in [0.717, 1.165) is 43.4 Å². The minimum absolute atomic E-state index is 0.0492. The zero-order valence-corrected chi connectivity index (χ0v) is 17.0. The fourth-order valence-electron chi connectivity index (χ4n) is 3.59. The first-order chi connectivity index (χ1) is 12.8. The number of hydrogen-bond acceptors (Lipinski definition) is 5. The molecule has 2 N–H and O–H groups in total. The number of rotatable bonds is 7. The zero-order valence-electron chi connectivity index (χ0n) is 16.2. The number of nitrogens with one attached hydrogen (secondary N) is 2. The Morgan fingerprint density at radius 3 is 2.56 bits per heavy atom. The number of aryl methyl sites for hydroxylation is 1. The van der Waals surface area contributed by atoms with E-state index < -0.39 is 15.3 Å². The fourth-order valence-corrected chi connectivity index (χ4v) is 4.56. The van der Waals surface area contributed by atoms with E-state index in [2.05, 4.69) is 10.0 Å². The smallest absolute Gasteiger partial charge is 0.408 e. The Balaban J connectivity index is 1.53. The van der Waals surface area contributed by atoms with Crippen molar-refractivity contribution in [2.45, 2.75) is 64.3 Å². The summed E-state index contributed by atoms with van der Waals surface area (Å²) in [5, 5.41) is 3.03. The molecule has 1 aliphatic rings. The van der Waals surface area contributed by atoms with Gasteiger partial charge in [-0.25, -0.2) is 17.9 Å². The molecular weight excluding hydrogens is 366 g/mol. The van der Waals surface area contributed by atoms with Gasteiger partial charge in [0.25, 0.3) is 0 Å². The summed E-state index contributed by atoms with van der Waals surface area (Å²) in [5.74, 6) is 0.180. The Kier molecular flexibility index (Phi) is 5.95. The second-order valence-electron chi connectivity index (χ2n) is 7.60. The molecule has 2 aromatic rings. The zero-order chi connectivity index (χ0) is 19.6. The first kappa shape index (κ1) is 19.9. The molecule has 0 bridgehead atoms. The molecule has 1 fully saturated rings. The molecule has 0 atom stereocenters. The van der Waals surface area contributed by atoms with E-state index in [1.165, 1.54) is 0 Å². The van der Waals surface area contributed by atoms with Crippen molar-refractivity contribution in [3.8, 4) is 0 Å². The predicted molar refractivity (Wildman–Crippen MR) is 108 cm³/mol. The largest absolute Gasteiger partial charge is 0.419 e. The van der Waals surface area contributed by atoms with E-state index in [1.54, 1.807) is 18.4 Å². The van der Waals surface area contributed by atoms with Crippen molar-refractivity contribution >= 4 is 26.8 Å². The molecule has 0 aliphatic heterocycles. The van der Waals surface area contributed by atoms with Gasteiger partial charge in [-0.2, -0.15) is 0 Å². The summed E-state index contributed by atoms with van der Waals surface area (Å²) in [7, 11) is -3.20. The summed E-state index contributed by atoms with van der Waals surface area (Å²) in [4.78, 5) is 11.8. The molecule has 8 heteroatoms. The Labute approximate surface area is 160 Å². The van der Waals surface area contributed by atoms with Gasteiger partial charge in [-0.15, -0.1) is 0 Å². The van der Waals surface area contributed by atoms with Crippen LogP contribution in [0.4, 0.5) is 5.69 Å². The van der Waals surface area contributed by atoms with Crippen LogP contribution in [0.15, 0.2) is 27.4 Å². The van der Waals surface area contributed by atoms with Gasteiger partial charge in [-0.1, -0.05) is 0 Å². The van der Waals surface area contributed by atoms with E-state index in [9.17, 15) is 13.2 Å². The Bertz CT molecular complexity index is 938. The van der Waals surface area contributed by atoms with Crippen LogP contribution in [0.25, 0.3) is 11.1 Å². The summed E-state index contributed by atoms with van der Waals surface area (Å²) in [5.41, 5.74) is 2.34. The standard InChI is InChI=1S/C19H29N3O4S/c1-4-22-17-10-9-16(11-18(17)26-19(22)23)20-12-14-5-7-15(8-6-14)21-27(24,25)13(2)3/h9-11,13-15,20-21H,4-8,12H2,1-3H3/t14-,15-. The topological polar surface area (TPSA) is 93.3 Å². The van der Waals surface area contributed by atoms with Gasteiger partial charge < -0.3 is 9.73 Å². The lowest BCUT2D eigenvalue weighted by atomic mass is 9.86. The van der Waals surface area contributed by atoms with Crippen LogP contribution in [0, 0.1) is 5.92 Å². The normalized spacial score (nSPS) is 21.0. The number of hydrogen-bond donors (Lipinski definition) is 2. The minimum Gasteiger partial charge on any atom is -0.408 e. The molecule has 0 radical (unpaired) electrons. The highest BCUT2D eigenvalue weighted by atomic mass is 32.2. The van der Waals surface area contributed by atoms with Crippen molar-refractivity contribution in [2.75, 3.05) is 11.9 Å². The molecule has 0 unspecified atom stereocenters. The molecule has 1 aromatic carbocycles. The van der Waals surface area contributed by atoms with Crippen LogP contribution in [0.1, 0.15) is 46.5 Å². The van der Waals surface area contributed by atoms with Crippen molar-refractivity contribution < 1.29 is 12.8 Å². The van der Waals surface area contributed by atoms with Crippen LogP contribution in [0.2, 0.25) is 0 Å². The third-order valence-electron chi connectivity index (χ3n) is 5.38. The summed E-state index contributed by atoms with van der Waals surface area (Å²) in [6, 6.07) is 5.79. The maximum atomic E-state index is 12.0. The Hall–Kier alpha value is -1.80. The third-order valence-corrected chi connectivity index (χ3v) is 7.28. The molecule has 1 aromatic heterocycles. The lowest BCUT2D eigenvalue weighted by molar-refractivity contribution is 0.323. The molecule has 150 valence electrons. The third kappa shape index (κ3) is 4.55. The molecule has 0 saturated heterocycles. The number of fused-ring (bicyclic) bond motifs is 1. The SMILES string of the molecule is CCn1c(=O)oc2cc(NC[C@H]3CC[C@H](NS(=O)(=O)C(C)C)CC3)ccc21. The van der Waals surface area contributed by atoms with Crippen molar-refractivity contribution in [3.05, 3.63) is 28.7 Å². The first-order valence-corrected chi connectivity index (χ1v) is 11.2. The predicted octanol–water partition coefficient (Wildman–Crippen LogP) is 2.91. The number of aromatic nitrogens is 1. The molecule has 0 amide bonds. The van der Waals surface area contributed by atoms with E-state index in [0.29, 0.717) is 18.0 Å². The highest BCUT2D eigenvalue weighted by molar-refractivity contribution is 7.90. The number of nitrogens with zero attached hydrogens (tertiary/aromatic N) is 1. The summed E-state index contributed by atoms with van der Waals surface area (Å²) >= 11 is 0. The van der Waals surface area contributed by atoms with Gasteiger partial charge in [-0.3, -0.25) is 4.57 Å². The number of benzene rings is 1. The maximum absolute atomic E-state index is 12.0.